The van der Waals surface area contributed by atoms with Gasteiger partial charge in [0, 0.05) is 28.3 Å². The molecule has 0 amide bonds. The third-order valence-electron chi connectivity index (χ3n) is 6.68. The number of hydrogen-bond donors (Lipinski definition) is 0. The van der Waals surface area contributed by atoms with Gasteiger partial charge >= 0.3 is 0 Å². The lowest BCUT2D eigenvalue weighted by molar-refractivity contribution is 0.312. The highest BCUT2D eigenvalue weighted by molar-refractivity contribution is 9.10. The molecule has 0 saturated carbocycles. The molecule has 0 aliphatic carbocycles. The molecule has 9 heteroatoms. The number of hydrogen-bond acceptors (Lipinski definition) is 6. The van der Waals surface area contributed by atoms with Crippen molar-refractivity contribution in [2.45, 2.75) is 37.8 Å². The van der Waals surface area contributed by atoms with Gasteiger partial charge in [-0.05, 0) is 85.0 Å². The first-order chi connectivity index (χ1) is 19.7. The lowest BCUT2D eigenvalue weighted by Gasteiger charge is -2.27. The number of anilines is 1. The van der Waals surface area contributed by atoms with Gasteiger partial charge in [-0.3, -0.25) is 4.18 Å². The van der Waals surface area contributed by atoms with Crippen molar-refractivity contribution in [1.82, 2.24) is 0 Å². The van der Waals surface area contributed by atoms with Gasteiger partial charge in [-0.2, -0.15) is 8.42 Å². The number of aryl methyl sites for hydroxylation is 1. The van der Waals surface area contributed by atoms with Crippen LogP contribution in [0.1, 0.15) is 28.7 Å². The van der Waals surface area contributed by atoms with E-state index in [0.29, 0.717) is 31.0 Å². The van der Waals surface area contributed by atoms with Crippen molar-refractivity contribution >= 4 is 43.3 Å². The molecule has 0 spiro atoms. The molecule has 6 nitrogen and oxygen atoms in total. The lowest BCUT2D eigenvalue weighted by Crippen LogP contribution is -2.22. The van der Waals surface area contributed by atoms with E-state index in [1.807, 2.05) is 37.3 Å². The maximum atomic E-state index is 12.5. The quantitative estimate of drug-likeness (QED) is 0.107. The minimum atomic E-state index is -3.81. The van der Waals surface area contributed by atoms with Crippen LogP contribution in [-0.2, 0) is 33.8 Å². The Balaban J connectivity index is 1.48. The van der Waals surface area contributed by atoms with Gasteiger partial charge in [0.2, 0.25) is 0 Å². The molecule has 4 aromatic rings. The van der Waals surface area contributed by atoms with Crippen LogP contribution in [-0.4, -0.2) is 29.2 Å². The van der Waals surface area contributed by atoms with Crippen LogP contribution < -0.4 is 14.4 Å². The number of nitrogens with zero attached hydrogens (tertiary/aromatic N) is 1. The molecule has 0 unspecified atom stereocenters. The Morgan fingerprint density at radius 1 is 0.805 bits per heavy atom. The second kappa shape index (κ2) is 14.2. The Labute approximate surface area is 256 Å². The van der Waals surface area contributed by atoms with E-state index in [0.717, 1.165) is 43.9 Å². The molecule has 4 aromatic carbocycles. The minimum Gasteiger partial charge on any atom is -0.497 e. The fourth-order valence-electron chi connectivity index (χ4n) is 4.34. The Morgan fingerprint density at radius 2 is 1.34 bits per heavy atom. The van der Waals surface area contributed by atoms with Crippen molar-refractivity contribution in [1.29, 1.82) is 0 Å². The van der Waals surface area contributed by atoms with Crippen molar-refractivity contribution in [3.05, 3.63) is 117 Å². The van der Waals surface area contributed by atoms with E-state index in [1.165, 1.54) is 0 Å². The maximum Gasteiger partial charge on any atom is 0.296 e. The fourth-order valence-corrected chi connectivity index (χ4v) is 6.35. The van der Waals surface area contributed by atoms with E-state index >= 15 is 0 Å². The first kappa shape index (κ1) is 30.9. The first-order valence-corrected chi connectivity index (χ1v) is 15.7. The van der Waals surface area contributed by atoms with Gasteiger partial charge < -0.3 is 14.4 Å². The van der Waals surface area contributed by atoms with Gasteiger partial charge in [0.25, 0.3) is 10.1 Å². The number of benzene rings is 4. The summed E-state index contributed by atoms with van der Waals surface area (Å²) in [5.41, 5.74) is 5.10. The molecule has 4 rings (SSSR count). The summed E-state index contributed by atoms with van der Waals surface area (Å²) in [5.74, 6) is 1.61. The number of methoxy groups -OCH3 is 2. The Kier molecular flexibility index (Phi) is 10.7. The van der Waals surface area contributed by atoms with Crippen LogP contribution in [0.15, 0.2) is 94.3 Å². The number of halogens is 2. The monoisotopic (exact) mass is 657 g/mol. The van der Waals surface area contributed by atoms with Gasteiger partial charge in [0.15, 0.2) is 0 Å². The van der Waals surface area contributed by atoms with Crippen LogP contribution in [0.5, 0.6) is 11.5 Å². The molecule has 0 bridgehead atoms. The van der Waals surface area contributed by atoms with Crippen molar-refractivity contribution in [3.63, 3.8) is 0 Å². The molecule has 0 radical (unpaired) electrons. The second-order valence-electron chi connectivity index (χ2n) is 9.63. The summed E-state index contributed by atoms with van der Waals surface area (Å²) in [6.45, 7) is 3.27. The van der Waals surface area contributed by atoms with Gasteiger partial charge in [-0.1, -0.05) is 69.5 Å². The van der Waals surface area contributed by atoms with Crippen LogP contribution in [0.25, 0.3) is 0 Å². The van der Waals surface area contributed by atoms with Crippen LogP contribution in [0, 0.1) is 6.92 Å². The molecule has 216 valence electrons. The highest BCUT2D eigenvalue weighted by Crippen LogP contribution is 2.34. The van der Waals surface area contributed by atoms with Crippen LogP contribution in [0.3, 0.4) is 0 Å². The van der Waals surface area contributed by atoms with Gasteiger partial charge in [-0.25, -0.2) is 0 Å². The number of ether oxygens (including phenoxy) is 2. The van der Waals surface area contributed by atoms with Crippen molar-refractivity contribution in [3.8, 4) is 11.5 Å². The van der Waals surface area contributed by atoms with Crippen molar-refractivity contribution < 1.29 is 22.1 Å². The number of rotatable bonds is 13. The van der Waals surface area contributed by atoms with E-state index in [4.69, 9.17) is 25.3 Å². The summed E-state index contributed by atoms with van der Waals surface area (Å²) >= 11 is 10.5. The third kappa shape index (κ3) is 8.49. The first-order valence-electron chi connectivity index (χ1n) is 13.1. The Morgan fingerprint density at radius 3 is 1.83 bits per heavy atom. The Bertz CT molecular complexity index is 1470. The molecular weight excluding hydrogens is 626 g/mol. The van der Waals surface area contributed by atoms with E-state index in [-0.39, 0.29) is 11.5 Å². The molecule has 0 aliphatic heterocycles. The summed E-state index contributed by atoms with van der Waals surface area (Å²) in [7, 11) is -0.497. The zero-order chi connectivity index (χ0) is 29.4. The topological polar surface area (TPSA) is 65.1 Å². The molecule has 0 atom stereocenters. The van der Waals surface area contributed by atoms with Crippen LogP contribution in [0.2, 0.25) is 5.02 Å². The summed E-state index contributed by atoms with van der Waals surface area (Å²) in [4.78, 5) is 2.40. The zero-order valence-electron chi connectivity index (χ0n) is 23.3. The Hall–Kier alpha value is -3.04. The van der Waals surface area contributed by atoms with Crippen molar-refractivity contribution in [2.24, 2.45) is 0 Å². The van der Waals surface area contributed by atoms with Crippen LogP contribution in [0.4, 0.5) is 5.69 Å². The smallest absolute Gasteiger partial charge is 0.296 e. The highest BCUT2D eigenvalue weighted by atomic mass is 79.9. The zero-order valence-corrected chi connectivity index (χ0v) is 26.4. The summed E-state index contributed by atoms with van der Waals surface area (Å²) < 4.78 is 41.8. The standard InChI is InChI=1S/C32H33BrClNO5S/c1-23-6-16-29(17-7-23)41(36,37)40-18-4-5-30-31(33)19-26(20-32(30)34)35(21-24-8-12-27(38-2)13-9-24)22-25-10-14-28(39-3)15-11-25/h6-17,19-20H,4-5,18,21-22H2,1-3H3. The van der Waals surface area contributed by atoms with E-state index in [2.05, 4.69) is 51.2 Å². The normalized spacial score (nSPS) is 11.3. The fraction of sp³-hybridized carbons (Fsp3) is 0.250. The molecule has 0 N–H and O–H groups in total. The molecule has 0 aliphatic rings. The predicted octanol–water partition coefficient (Wildman–Crippen LogP) is 7.97. The largest absolute Gasteiger partial charge is 0.497 e. The molecule has 41 heavy (non-hydrogen) atoms. The molecular formula is C32H33BrClNO5S. The maximum absolute atomic E-state index is 12.5. The van der Waals surface area contributed by atoms with Crippen molar-refractivity contribution in [2.75, 3.05) is 25.7 Å². The predicted molar refractivity (Wildman–Crippen MR) is 168 cm³/mol. The molecule has 0 fully saturated rings. The summed E-state index contributed by atoms with van der Waals surface area (Å²) in [6.07, 6.45) is 1.05. The highest BCUT2D eigenvalue weighted by Gasteiger charge is 2.17. The minimum absolute atomic E-state index is 0.0573. The second-order valence-corrected chi connectivity index (χ2v) is 12.5. The average Bonchev–Trinajstić information content (AvgIpc) is 2.97. The summed E-state index contributed by atoms with van der Waals surface area (Å²) in [5, 5.41) is 0.602. The van der Waals surface area contributed by atoms with Gasteiger partial charge in [0.05, 0.1) is 25.7 Å². The summed E-state index contributed by atoms with van der Waals surface area (Å²) in [6, 6.07) is 26.6. The van der Waals surface area contributed by atoms with Gasteiger partial charge in [-0.15, -0.1) is 0 Å². The van der Waals surface area contributed by atoms with Crippen LogP contribution >= 0.6 is 27.5 Å². The molecule has 0 heterocycles. The molecule has 0 aromatic heterocycles. The molecule has 0 saturated heterocycles. The van der Waals surface area contributed by atoms with Gasteiger partial charge in [0.1, 0.15) is 11.5 Å². The third-order valence-corrected chi connectivity index (χ3v) is 9.05. The average molecular weight is 659 g/mol. The van der Waals surface area contributed by atoms with E-state index in [1.54, 1.807) is 38.5 Å². The lowest BCUT2D eigenvalue weighted by atomic mass is 10.1. The SMILES string of the molecule is COc1ccc(CN(Cc2ccc(OC)cc2)c2cc(Cl)c(CCCOS(=O)(=O)c3ccc(C)cc3)c(Br)c2)cc1. The van der Waals surface area contributed by atoms with E-state index < -0.39 is 10.1 Å². The van der Waals surface area contributed by atoms with E-state index in [9.17, 15) is 8.42 Å².